The van der Waals surface area contributed by atoms with Gasteiger partial charge in [0.2, 0.25) is 10.0 Å². The summed E-state index contributed by atoms with van der Waals surface area (Å²) in [6.07, 6.45) is 0.552. The quantitative estimate of drug-likeness (QED) is 0.513. The van der Waals surface area contributed by atoms with Crippen LogP contribution in [0.5, 0.6) is 0 Å². The Labute approximate surface area is 171 Å². The van der Waals surface area contributed by atoms with E-state index < -0.39 is 21.4 Å². The van der Waals surface area contributed by atoms with Crippen molar-refractivity contribution in [3.8, 4) is 0 Å². The average molecular weight is 416 g/mol. The van der Waals surface area contributed by atoms with Crippen molar-refractivity contribution >= 4 is 27.5 Å². The molecule has 7 heteroatoms. The summed E-state index contributed by atoms with van der Waals surface area (Å²) in [7, 11) is -3.33. The molecule has 0 radical (unpaired) electrons. The van der Waals surface area contributed by atoms with Gasteiger partial charge < -0.3 is 4.74 Å². The Kier molecular flexibility index (Phi) is 5.80. The van der Waals surface area contributed by atoms with E-state index in [9.17, 15) is 18.0 Å². The molecule has 0 spiro atoms. The maximum atomic E-state index is 12.5. The minimum absolute atomic E-state index is 0.0280. The summed E-state index contributed by atoms with van der Waals surface area (Å²) in [6.45, 7) is 5.14. The first kappa shape index (κ1) is 21.0. The second-order valence-corrected chi connectivity index (χ2v) is 9.74. The zero-order valence-corrected chi connectivity index (χ0v) is 17.7. The highest BCUT2D eigenvalue weighted by Gasteiger charge is 2.32. The molecule has 2 aromatic rings. The molecule has 0 bridgehead atoms. The number of carbonyl (C=O) groups excluding carboxylic acids is 2. The van der Waals surface area contributed by atoms with Crippen LogP contribution < -0.4 is 4.31 Å². The molecule has 0 atom stereocenters. The molecule has 6 nitrogen and oxygen atoms in total. The number of anilines is 1. The molecule has 0 unspecified atom stereocenters. The molecule has 0 aromatic heterocycles. The molecule has 1 aliphatic rings. The Morgan fingerprint density at radius 2 is 1.79 bits per heavy atom. The molecular formula is C22H25NO5S. The maximum Gasteiger partial charge on any atom is 0.316 e. The van der Waals surface area contributed by atoms with E-state index in [4.69, 9.17) is 4.74 Å². The predicted octanol–water partition coefficient (Wildman–Crippen LogP) is 3.10. The third-order valence-corrected chi connectivity index (χ3v) is 7.08. The fourth-order valence-electron chi connectivity index (χ4n) is 3.36. The monoisotopic (exact) mass is 415 g/mol. The van der Waals surface area contributed by atoms with Gasteiger partial charge in [-0.1, -0.05) is 30.3 Å². The second kappa shape index (κ2) is 7.99. The first-order valence-electron chi connectivity index (χ1n) is 9.56. The van der Waals surface area contributed by atoms with E-state index in [-0.39, 0.29) is 18.1 Å². The summed E-state index contributed by atoms with van der Waals surface area (Å²) >= 11 is 0. The largest absolute Gasteiger partial charge is 0.457 e. The number of ketones is 1. The Bertz CT molecular complexity index is 1030. The van der Waals surface area contributed by atoms with Gasteiger partial charge in [0.25, 0.3) is 0 Å². The van der Waals surface area contributed by atoms with E-state index >= 15 is 0 Å². The number of nitrogens with zero attached hydrogens (tertiary/aromatic N) is 1. The lowest BCUT2D eigenvalue weighted by molar-refractivity contribution is -0.148. The lowest BCUT2D eigenvalue weighted by Crippen LogP contribution is -2.32. The number of esters is 1. The van der Waals surface area contributed by atoms with Crippen molar-refractivity contribution in [2.75, 3.05) is 23.2 Å². The van der Waals surface area contributed by atoms with Gasteiger partial charge in [-0.25, -0.2) is 8.42 Å². The lowest BCUT2D eigenvalue weighted by atomic mass is 9.85. The van der Waals surface area contributed by atoms with Crippen LogP contribution in [0.1, 0.15) is 42.3 Å². The molecule has 0 saturated heterocycles. The van der Waals surface area contributed by atoms with Crippen molar-refractivity contribution in [3.05, 3.63) is 65.2 Å². The molecule has 0 fully saturated rings. The third-order valence-electron chi connectivity index (χ3n) is 5.30. The van der Waals surface area contributed by atoms with Gasteiger partial charge in [0.15, 0.2) is 12.4 Å². The zero-order valence-electron chi connectivity index (χ0n) is 16.8. The molecule has 3 rings (SSSR count). The van der Waals surface area contributed by atoms with Crippen molar-refractivity contribution in [3.63, 3.8) is 0 Å². The highest BCUT2D eigenvalue weighted by molar-refractivity contribution is 7.92. The molecule has 0 amide bonds. The Morgan fingerprint density at radius 3 is 2.45 bits per heavy atom. The SMILES string of the molecule is CCS(=O)(=O)N1CCc2cc(C(=O)COC(=O)C(C)(C)c3ccccc3)ccc21. The molecule has 0 saturated carbocycles. The summed E-state index contributed by atoms with van der Waals surface area (Å²) in [4.78, 5) is 25.1. The maximum absolute atomic E-state index is 12.5. The lowest BCUT2D eigenvalue weighted by Gasteiger charge is -2.22. The number of rotatable bonds is 7. The zero-order chi connectivity index (χ0) is 21.2. The number of hydrogen-bond acceptors (Lipinski definition) is 5. The Hall–Kier alpha value is -2.67. The topological polar surface area (TPSA) is 80.8 Å². The molecule has 2 aromatic carbocycles. The summed E-state index contributed by atoms with van der Waals surface area (Å²) in [5, 5.41) is 0. The first-order chi connectivity index (χ1) is 13.7. The van der Waals surface area contributed by atoms with Gasteiger partial charge in [-0.2, -0.15) is 0 Å². The van der Waals surface area contributed by atoms with Crippen LogP contribution in [-0.4, -0.2) is 39.1 Å². The van der Waals surface area contributed by atoms with E-state index in [1.807, 2.05) is 30.3 Å². The minimum atomic E-state index is -3.33. The molecule has 1 aliphatic heterocycles. The van der Waals surface area contributed by atoms with Crippen LogP contribution >= 0.6 is 0 Å². The van der Waals surface area contributed by atoms with Crippen LogP contribution in [0.15, 0.2) is 48.5 Å². The fraction of sp³-hybridized carbons (Fsp3) is 0.364. The summed E-state index contributed by atoms with van der Waals surface area (Å²) in [5.41, 5.74) is 1.78. The van der Waals surface area contributed by atoms with E-state index in [0.717, 1.165) is 11.1 Å². The molecule has 29 heavy (non-hydrogen) atoms. The van der Waals surface area contributed by atoms with E-state index in [1.54, 1.807) is 39.0 Å². The third kappa shape index (κ3) is 4.19. The van der Waals surface area contributed by atoms with Crippen molar-refractivity contribution in [2.45, 2.75) is 32.6 Å². The first-order valence-corrected chi connectivity index (χ1v) is 11.2. The second-order valence-electron chi connectivity index (χ2n) is 7.56. The number of benzene rings is 2. The predicted molar refractivity (Wildman–Crippen MR) is 112 cm³/mol. The number of carbonyl (C=O) groups is 2. The normalized spacial score (nSPS) is 13.8. The molecule has 0 N–H and O–H groups in total. The van der Waals surface area contributed by atoms with Crippen LogP contribution in [0.4, 0.5) is 5.69 Å². The average Bonchev–Trinajstić information content (AvgIpc) is 3.16. The van der Waals surface area contributed by atoms with E-state index in [2.05, 4.69) is 0 Å². The van der Waals surface area contributed by atoms with Gasteiger partial charge in [0.1, 0.15) is 0 Å². The van der Waals surface area contributed by atoms with Gasteiger partial charge >= 0.3 is 5.97 Å². The van der Waals surface area contributed by atoms with Gasteiger partial charge in [-0.15, -0.1) is 0 Å². The standard InChI is InChI=1S/C22H25NO5S/c1-4-29(26,27)23-13-12-16-14-17(10-11-19(16)23)20(24)15-28-21(25)22(2,3)18-8-6-5-7-9-18/h5-11,14H,4,12-13,15H2,1-3H3. The van der Waals surface area contributed by atoms with Gasteiger partial charge in [0, 0.05) is 12.1 Å². The van der Waals surface area contributed by atoms with Crippen LogP contribution in [0.25, 0.3) is 0 Å². The number of ether oxygens (including phenoxy) is 1. The molecule has 0 aliphatic carbocycles. The highest BCUT2D eigenvalue weighted by Crippen LogP contribution is 2.31. The number of hydrogen-bond donors (Lipinski definition) is 0. The summed E-state index contributed by atoms with van der Waals surface area (Å²) in [6, 6.07) is 14.2. The number of Topliss-reactive ketones (excluding diaryl/α,β-unsaturated/α-hetero) is 1. The fourth-order valence-corrected chi connectivity index (χ4v) is 4.52. The highest BCUT2D eigenvalue weighted by atomic mass is 32.2. The van der Waals surface area contributed by atoms with E-state index in [0.29, 0.717) is 24.2 Å². The van der Waals surface area contributed by atoms with Crippen molar-refractivity contribution in [1.29, 1.82) is 0 Å². The Morgan fingerprint density at radius 1 is 1.10 bits per heavy atom. The van der Waals surface area contributed by atoms with Crippen molar-refractivity contribution in [2.24, 2.45) is 0 Å². The van der Waals surface area contributed by atoms with Crippen LogP contribution in [0.3, 0.4) is 0 Å². The molecular weight excluding hydrogens is 390 g/mol. The van der Waals surface area contributed by atoms with Crippen LogP contribution in [0.2, 0.25) is 0 Å². The number of fused-ring (bicyclic) bond motifs is 1. The Balaban J connectivity index is 1.69. The number of sulfonamides is 1. The minimum Gasteiger partial charge on any atom is -0.457 e. The van der Waals surface area contributed by atoms with Gasteiger partial charge in [0.05, 0.1) is 16.9 Å². The molecule has 154 valence electrons. The van der Waals surface area contributed by atoms with Crippen LogP contribution in [-0.2, 0) is 31.4 Å². The van der Waals surface area contributed by atoms with Gasteiger partial charge in [-0.3, -0.25) is 13.9 Å². The van der Waals surface area contributed by atoms with Crippen molar-refractivity contribution < 1.29 is 22.7 Å². The summed E-state index contributed by atoms with van der Waals surface area (Å²) < 4.78 is 31.0. The van der Waals surface area contributed by atoms with Crippen molar-refractivity contribution in [1.82, 2.24) is 0 Å². The summed E-state index contributed by atoms with van der Waals surface area (Å²) in [5.74, 6) is -0.763. The van der Waals surface area contributed by atoms with Crippen LogP contribution in [0, 0.1) is 0 Å². The smallest absolute Gasteiger partial charge is 0.316 e. The molecule has 1 heterocycles. The van der Waals surface area contributed by atoms with E-state index in [1.165, 1.54) is 4.31 Å². The van der Waals surface area contributed by atoms with Gasteiger partial charge in [-0.05, 0) is 56.5 Å².